The Bertz CT molecular complexity index is 448. The number of halogens is 1. The average molecular weight is 282 g/mol. The third-order valence-corrected chi connectivity index (χ3v) is 2.77. The van der Waals surface area contributed by atoms with Gasteiger partial charge in [-0.2, -0.15) is 0 Å². The number of benzene rings is 1. The zero-order valence-electron chi connectivity index (χ0n) is 11.4. The summed E-state index contributed by atoms with van der Waals surface area (Å²) >= 11 is 0. The van der Waals surface area contributed by atoms with E-state index in [-0.39, 0.29) is 24.3 Å². The second-order valence-corrected chi connectivity index (χ2v) is 4.64. The minimum absolute atomic E-state index is 0.0948. The molecule has 5 nitrogen and oxygen atoms in total. The minimum Gasteiger partial charge on any atom is -0.481 e. The molecule has 0 aliphatic rings. The fraction of sp³-hybridized carbons (Fsp3) is 0.429. The standard InChI is InChI=1S/C14H19FN2O3/c1-10(3-2-4-13(18)19)17-14(20)16-9-11-5-7-12(15)8-6-11/h5-8,10H,2-4,9H2,1H3,(H,18,19)(H2,16,17,20). The van der Waals surface area contributed by atoms with Gasteiger partial charge in [-0.3, -0.25) is 4.79 Å². The Kier molecular flexibility index (Phi) is 6.49. The SMILES string of the molecule is CC(CCCC(=O)O)NC(=O)NCc1ccc(F)cc1. The number of carbonyl (C=O) groups is 2. The first-order valence-electron chi connectivity index (χ1n) is 6.48. The van der Waals surface area contributed by atoms with Crippen LogP contribution in [0.1, 0.15) is 31.7 Å². The summed E-state index contributed by atoms with van der Waals surface area (Å²) in [5, 5.41) is 13.9. The topological polar surface area (TPSA) is 78.4 Å². The lowest BCUT2D eigenvalue weighted by Crippen LogP contribution is -2.40. The molecule has 0 radical (unpaired) electrons. The summed E-state index contributed by atoms with van der Waals surface area (Å²) in [5.41, 5.74) is 0.806. The first kappa shape index (κ1) is 15.9. The Balaban J connectivity index is 2.22. The lowest BCUT2D eigenvalue weighted by atomic mass is 10.1. The molecule has 20 heavy (non-hydrogen) atoms. The van der Waals surface area contributed by atoms with Crippen LogP contribution in [-0.4, -0.2) is 23.1 Å². The van der Waals surface area contributed by atoms with Gasteiger partial charge < -0.3 is 15.7 Å². The Morgan fingerprint density at radius 3 is 2.55 bits per heavy atom. The van der Waals surface area contributed by atoms with Crippen LogP contribution in [0.4, 0.5) is 9.18 Å². The minimum atomic E-state index is -0.835. The van der Waals surface area contributed by atoms with Crippen LogP contribution < -0.4 is 10.6 Å². The van der Waals surface area contributed by atoms with Gasteiger partial charge in [0.15, 0.2) is 0 Å². The number of carboxylic acids is 1. The molecule has 3 N–H and O–H groups in total. The van der Waals surface area contributed by atoms with E-state index in [0.717, 1.165) is 5.56 Å². The summed E-state index contributed by atoms with van der Waals surface area (Å²) in [4.78, 5) is 21.9. The second-order valence-electron chi connectivity index (χ2n) is 4.64. The summed E-state index contributed by atoms with van der Waals surface area (Å²) < 4.78 is 12.7. The van der Waals surface area contributed by atoms with Crippen molar-refractivity contribution in [3.63, 3.8) is 0 Å². The third kappa shape index (κ3) is 6.72. The Hall–Kier alpha value is -2.11. The summed E-state index contributed by atoms with van der Waals surface area (Å²) in [6.45, 7) is 2.13. The molecular weight excluding hydrogens is 263 g/mol. The molecular formula is C14H19FN2O3. The third-order valence-electron chi connectivity index (χ3n) is 2.77. The molecule has 0 bridgehead atoms. The van der Waals surface area contributed by atoms with E-state index in [1.165, 1.54) is 12.1 Å². The van der Waals surface area contributed by atoms with Crippen LogP contribution in [0.5, 0.6) is 0 Å². The van der Waals surface area contributed by atoms with Crippen molar-refractivity contribution in [2.45, 2.75) is 38.8 Å². The smallest absolute Gasteiger partial charge is 0.315 e. The highest BCUT2D eigenvalue weighted by atomic mass is 19.1. The van der Waals surface area contributed by atoms with E-state index in [9.17, 15) is 14.0 Å². The van der Waals surface area contributed by atoms with Gasteiger partial charge in [0.2, 0.25) is 0 Å². The predicted octanol–water partition coefficient (Wildman–Crippen LogP) is 2.27. The van der Waals surface area contributed by atoms with Crippen molar-refractivity contribution in [1.82, 2.24) is 10.6 Å². The molecule has 1 unspecified atom stereocenters. The molecule has 1 atom stereocenters. The summed E-state index contributed by atoms with van der Waals surface area (Å²) in [6, 6.07) is 5.46. The summed E-state index contributed by atoms with van der Waals surface area (Å²) in [5.74, 6) is -1.15. The monoisotopic (exact) mass is 282 g/mol. The van der Waals surface area contributed by atoms with Crippen molar-refractivity contribution < 1.29 is 19.1 Å². The fourth-order valence-corrected chi connectivity index (χ4v) is 1.69. The molecule has 0 aromatic heterocycles. The molecule has 0 saturated heterocycles. The molecule has 2 amide bonds. The molecule has 0 fully saturated rings. The Morgan fingerprint density at radius 1 is 1.30 bits per heavy atom. The van der Waals surface area contributed by atoms with Gasteiger partial charge in [-0.25, -0.2) is 9.18 Å². The van der Waals surface area contributed by atoms with E-state index in [1.807, 2.05) is 6.92 Å². The molecule has 110 valence electrons. The number of aliphatic carboxylic acids is 1. The highest BCUT2D eigenvalue weighted by Gasteiger charge is 2.07. The predicted molar refractivity (Wildman–Crippen MR) is 72.7 cm³/mol. The van der Waals surface area contributed by atoms with E-state index in [1.54, 1.807) is 12.1 Å². The number of carbonyl (C=O) groups excluding carboxylic acids is 1. The van der Waals surface area contributed by atoms with Crippen LogP contribution in [0, 0.1) is 5.82 Å². The number of hydrogen-bond donors (Lipinski definition) is 3. The molecule has 0 aliphatic heterocycles. The first-order valence-corrected chi connectivity index (χ1v) is 6.48. The van der Waals surface area contributed by atoms with Crippen molar-refractivity contribution in [3.05, 3.63) is 35.6 Å². The lowest BCUT2D eigenvalue weighted by Gasteiger charge is -2.14. The van der Waals surface area contributed by atoms with Crippen molar-refractivity contribution in [3.8, 4) is 0 Å². The van der Waals surface area contributed by atoms with E-state index in [2.05, 4.69) is 10.6 Å². The normalized spacial score (nSPS) is 11.7. The second kappa shape index (κ2) is 8.14. The molecule has 0 heterocycles. The zero-order chi connectivity index (χ0) is 15.0. The molecule has 0 aliphatic carbocycles. The summed E-state index contributed by atoms with van der Waals surface area (Å²) in [6.07, 6.45) is 1.23. The first-order chi connectivity index (χ1) is 9.47. The lowest BCUT2D eigenvalue weighted by molar-refractivity contribution is -0.137. The molecule has 1 aromatic rings. The van der Waals surface area contributed by atoms with E-state index >= 15 is 0 Å². The maximum absolute atomic E-state index is 12.7. The Morgan fingerprint density at radius 2 is 1.95 bits per heavy atom. The van der Waals surface area contributed by atoms with Crippen LogP contribution in [0.15, 0.2) is 24.3 Å². The number of nitrogens with one attached hydrogen (secondary N) is 2. The van der Waals surface area contributed by atoms with Gasteiger partial charge in [0.1, 0.15) is 5.82 Å². The number of hydrogen-bond acceptors (Lipinski definition) is 2. The zero-order valence-corrected chi connectivity index (χ0v) is 11.4. The van der Waals surface area contributed by atoms with Crippen LogP contribution >= 0.6 is 0 Å². The highest BCUT2D eigenvalue weighted by Crippen LogP contribution is 2.03. The van der Waals surface area contributed by atoms with Gasteiger partial charge in [0.05, 0.1) is 0 Å². The fourth-order valence-electron chi connectivity index (χ4n) is 1.69. The van der Waals surface area contributed by atoms with E-state index in [4.69, 9.17) is 5.11 Å². The van der Waals surface area contributed by atoms with E-state index in [0.29, 0.717) is 19.4 Å². The van der Waals surface area contributed by atoms with Crippen molar-refractivity contribution in [1.29, 1.82) is 0 Å². The van der Waals surface area contributed by atoms with Gasteiger partial charge in [0, 0.05) is 19.0 Å². The largest absolute Gasteiger partial charge is 0.481 e. The van der Waals surface area contributed by atoms with Gasteiger partial charge in [-0.05, 0) is 37.5 Å². The van der Waals surface area contributed by atoms with Crippen LogP contribution in [0.25, 0.3) is 0 Å². The number of rotatable bonds is 7. The molecule has 1 rings (SSSR count). The van der Waals surface area contributed by atoms with Crippen molar-refractivity contribution in [2.75, 3.05) is 0 Å². The molecule has 1 aromatic carbocycles. The molecule has 0 spiro atoms. The van der Waals surface area contributed by atoms with Gasteiger partial charge in [0.25, 0.3) is 0 Å². The maximum atomic E-state index is 12.7. The molecule has 0 saturated carbocycles. The van der Waals surface area contributed by atoms with Crippen LogP contribution in [-0.2, 0) is 11.3 Å². The maximum Gasteiger partial charge on any atom is 0.315 e. The number of carboxylic acid groups (broad SMARTS) is 1. The Labute approximate surface area is 117 Å². The van der Waals surface area contributed by atoms with Gasteiger partial charge in [-0.1, -0.05) is 12.1 Å². The van der Waals surface area contributed by atoms with Crippen LogP contribution in [0.3, 0.4) is 0 Å². The van der Waals surface area contributed by atoms with E-state index < -0.39 is 5.97 Å². The highest BCUT2D eigenvalue weighted by molar-refractivity contribution is 5.74. The van der Waals surface area contributed by atoms with Crippen molar-refractivity contribution >= 4 is 12.0 Å². The number of urea groups is 1. The quantitative estimate of drug-likeness (QED) is 0.718. The summed E-state index contributed by atoms with van der Waals surface area (Å²) in [7, 11) is 0. The van der Waals surface area contributed by atoms with Crippen molar-refractivity contribution in [2.24, 2.45) is 0 Å². The average Bonchev–Trinajstić information content (AvgIpc) is 2.37. The van der Waals surface area contributed by atoms with Gasteiger partial charge in [-0.15, -0.1) is 0 Å². The molecule has 6 heteroatoms. The van der Waals surface area contributed by atoms with Crippen LogP contribution in [0.2, 0.25) is 0 Å². The number of amides is 2. The van der Waals surface area contributed by atoms with Gasteiger partial charge >= 0.3 is 12.0 Å².